The normalized spacial score (nSPS) is 10.5. The topological polar surface area (TPSA) is 37.8 Å². The minimum absolute atomic E-state index is 0.230. The Kier molecular flexibility index (Phi) is 4.68. The van der Waals surface area contributed by atoms with Crippen molar-refractivity contribution in [3.8, 4) is 0 Å². The van der Waals surface area contributed by atoms with Crippen LogP contribution in [0.25, 0.3) is 0 Å². The molecule has 0 aliphatic rings. The molecule has 0 spiro atoms. The molecular weight excluding hydrogens is 356 g/mol. The molecule has 1 heterocycles. The van der Waals surface area contributed by atoms with Gasteiger partial charge in [-0.2, -0.15) is 0 Å². The summed E-state index contributed by atoms with van der Waals surface area (Å²) in [6.45, 7) is 4.80. The Labute approximate surface area is 125 Å². The second-order valence-corrected chi connectivity index (χ2v) is 5.30. The first kappa shape index (κ1) is 14.2. The zero-order chi connectivity index (χ0) is 13.8. The molecule has 0 fully saturated rings. The van der Waals surface area contributed by atoms with Gasteiger partial charge in [0.1, 0.15) is 17.5 Å². The number of nitrogens with one attached hydrogen (secondary N) is 1. The van der Waals surface area contributed by atoms with Crippen molar-refractivity contribution in [1.82, 2.24) is 9.97 Å². The Bertz CT molecular complexity index is 587. The van der Waals surface area contributed by atoms with Crippen LogP contribution in [0, 0.1) is 16.3 Å². The van der Waals surface area contributed by atoms with E-state index in [1.165, 1.54) is 12.1 Å². The van der Waals surface area contributed by atoms with E-state index in [0.29, 0.717) is 12.2 Å². The maximum absolute atomic E-state index is 13.2. The van der Waals surface area contributed by atoms with Crippen LogP contribution in [0.2, 0.25) is 0 Å². The van der Waals surface area contributed by atoms with Gasteiger partial charge in [-0.3, -0.25) is 0 Å². The van der Waals surface area contributed by atoms with E-state index in [2.05, 4.69) is 37.9 Å². The van der Waals surface area contributed by atoms with Crippen LogP contribution in [0.5, 0.6) is 0 Å². The molecule has 0 atom stereocenters. The minimum Gasteiger partial charge on any atom is -0.369 e. The summed E-state index contributed by atoms with van der Waals surface area (Å²) in [7, 11) is 0. The van der Waals surface area contributed by atoms with Gasteiger partial charge in [-0.1, -0.05) is 12.1 Å². The number of aryl methyl sites for hydroxylation is 1. The zero-order valence-electron chi connectivity index (χ0n) is 10.9. The fraction of sp³-hybridized carbons (Fsp3) is 0.286. The van der Waals surface area contributed by atoms with Crippen molar-refractivity contribution >= 4 is 28.4 Å². The molecule has 19 heavy (non-hydrogen) atoms. The molecule has 1 aromatic carbocycles. The molecule has 0 amide bonds. The number of aromatic nitrogens is 2. The zero-order valence-corrected chi connectivity index (χ0v) is 13.0. The van der Waals surface area contributed by atoms with E-state index in [0.717, 1.165) is 27.2 Å². The SMILES string of the molecule is CCNc1nc(Cc2cccc(F)c2)nc(C)c1I. The van der Waals surface area contributed by atoms with Crippen LogP contribution in [0.1, 0.15) is 24.0 Å². The lowest BCUT2D eigenvalue weighted by molar-refractivity contribution is 0.625. The number of halogens is 2. The molecule has 0 aliphatic heterocycles. The average molecular weight is 371 g/mol. The highest BCUT2D eigenvalue weighted by Gasteiger charge is 2.09. The predicted molar refractivity (Wildman–Crippen MR) is 82.9 cm³/mol. The van der Waals surface area contributed by atoms with Crippen LogP contribution in [-0.4, -0.2) is 16.5 Å². The number of nitrogens with zero attached hydrogens (tertiary/aromatic N) is 2. The molecule has 0 bridgehead atoms. The first-order chi connectivity index (χ1) is 9.10. The summed E-state index contributed by atoms with van der Waals surface area (Å²) in [6.07, 6.45) is 0.536. The summed E-state index contributed by atoms with van der Waals surface area (Å²) in [4.78, 5) is 8.96. The number of rotatable bonds is 4. The third kappa shape index (κ3) is 3.62. The maximum Gasteiger partial charge on any atom is 0.143 e. The molecule has 0 saturated carbocycles. The van der Waals surface area contributed by atoms with Gasteiger partial charge >= 0.3 is 0 Å². The highest BCUT2D eigenvalue weighted by molar-refractivity contribution is 14.1. The molecule has 0 radical (unpaired) electrons. The van der Waals surface area contributed by atoms with Crippen molar-refractivity contribution in [2.45, 2.75) is 20.3 Å². The summed E-state index contributed by atoms with van der Waals surface area (Å²) < 4.78 is 14.2. The summed E-state index contributed by atoms with van der Waals surface area (Å²) >= 11 is 2.23. The molecule has 100 valence electrons. The van der Waals surface area contributed by atoms with E-state index in [4.69, 9.17) is 0 Å². The summed E-state index contributed by atoms with van der Waals surface area (Å²) in [5.41, 5.74) is 1.82. The lowest BCUT2D eigenvalue weighted by Crippen LogP contribution is -2.08. The minimum atomic E-state index is -0.230. The molecule has 0 aliphatic carbocycles. The van der Waals surface area contributed by atoms with Crippen LogP contribution >= 0.6 is 22.6 Å². The monoisotopic (exact) mass is 371 g/mol. The van der Waals surface area contributed by atoms with Gasteiger partial charge in [0.15, 0.2) is 0 Å². The van der Waals surface area contributed by atoms with E-state index < -0.39 is 0 Å². The average Bonchev–Trinajstić information content (AvgIpc) is 2.35. The van der Waals surface area contributed by atoms with Crippen LogP contribution in [-0.2, 0) is 6.42 Å². The first-order valence-corrected chi connectivity index (χ1v) is 7.19. The first-order valence-electron chi connectivity index (χ1n) is 6.11. The van der Waals surface area contributed by atoms with Gasteiger partial charge < -0.3 is 5.32 Å². The maximum atomic E-state index is 13.2. The quantitative estimate of drug-likeness (QED) is 0.836. The molecule has 3 nitrogen and oxygen atoms in total. The van der Waals surface area contributed by atoms with Crippen LogP contribution in [0.4, 0.5) is 10.2 Å². The lowest BCUT2D eigenvalue weighted by Gasteiger charge is -2.10. The van der Waals surface area contributed by atoms with Gasteiger partial charge in [-0.15, -0.1) is 0 Å². The van der Waals surface area contributed by atoms with Crippen molar-refractivity contribution in [2.75, 3.05) is 11.9 Å². The molecule has 5 heteroatoms. The molecule has 2 rings (SSSR count). The molecular formula is C14H15FIN3. The molecule has 0 saturated heterocycles. The van der Waals surface area contributed by atoms with E-state index in [1.54, 1.807) is 6.07 Å². The van der Waals surface area contributed by atoms with Gasteiger partial charge in [-0.25, -0.2) is 14.4 Å². The number of hydrogen-bond acceptors (Lipinski definition) is 3. The highest BCUT2D eigenvalue weighted by atomic mass is 127. The van der Waals surface area contributed by atoms with Crippen LogP contribution in [0.15, 0.2) is 24.3 Å². The Morgan fingerprint density at radius 1 is 1.32 bits per heavy atom. The summed E-state index contributed by atoms with van der Waals surface area (Å²) in [5.74, 6) is 1.33. The number of benzene rings is 1. The number of anilines is 1. The van der Waals surface area contributed by atoms with E-state index >= 15 is 0 Å². The van der Waals surface area contributed by atoms with E-state index in [1.807, 2.05) is 19.9 Å². The standard InChI is InChI=1S/C14H15FIN3/c1-3-17-14-13(16)9(2)18-12(19-14)8-10-5-4-6-11(15)7-10/h4-7H,3,8H2,1-2H3,(H,17,18,19). The van der Waals surface area contributed by atoms with Gasteiger partial charge in [0, 0.05) is 13.0 Å². The van der Waals surface area contributed by atoms with Crippen LogP contribution in [0.3, 0.4) is 0 Å². The van der Waals surface area contributed by atoms with Gasteiger partial charge in [0.05, 0.1) is 9.26 Å². The van der Waals surface area contributed by atoms with Crippen molar-refractivity contribution in [3.63, 3.8) is 0 Å². The highest BCUT2D eigenvalue weighted by Crippen LogP contribution is 2.19. The van der Waals surface area contributed by atoms with Gasteiger partial charge in [0.2, 0.25) is 0 Å². The third-order valence-electron chi connectivity index (χ3n) is 2.66. The molecule has 1 aromatic heterocycles. The van der Waals surface area contributed by atoms with Crippen molar-refractivity contribution in [3.05, 3.63) is 50.7 Å². The Balaban J connectivity index is 2.30. The Morgan fingerprint density at radius 3 is 2.79 bits per heavy atom. The lowest BCUT2D eigenvalue weighted by atomic mass is 10.1. The van der Waals surface area contributed by atoms with Crippen molar-refractivity contribution < 1.29 is 4.39 Å². The molecule has 0 unspecified atom stereocenters. The van der Waals surface area contributed by atoms with Crippen LogP contribution < -0.4 is 5.32 Å². The fourth-order valence-corrected chi connectivity index (χ4v) is 2.24. The van der Waals surface area contributed by atoms with E-state index in [9.17, 15) is 4.39 Å². The summed E-state index contributed by atoms with van der Waals surface area (Å²) in [6, 6.07) is 6.54. The third-order valence-corrected chi connectivity index (χ3v) is 3.95. The predicted octanol–water partition coefficient (Wildman–Crippen LogP) is 3.55. The van der Waals surface area contributed by atoms with Crippen molar-refractivity contribution in [2.24, 2.45) is 0 Å². The molecule has 1 N–H and O–H groups in total. The molecule has 2 aromatic rings. The Morgan fingerprint density at radius 2 is 2.11 bits per heavy atom. The smallest absolute Gasteiger partial charge is 0.143 e. The van der Waals surface area contributed by atoms with Crippen molar-refractivity contribution in [1.29, 1.82) is 0 Å². The van der Waals surface area contributed by atoms with Gasteiger partial charge in [0.25, 0.3) is 0 Å². The second-order valence-electron chi connectivity index (χ2n) is 4.22. The second kappa shape index (κ2) is 6.27. The fourth-order valence-electron chi connectivity index (χ4n) is 1.81. The largest absolute Gasteiger partial charge is 0.369 e. The number of hydrogen-bond donors (Lipinski definition) is 1. The Hall–Kier alpha value is -1.24. The van der Waals surface area contributed by atoms with Gasteiger partial charge in [-0.05, 0) is 54.1 Å². The summed E-state index contributed by atoms with van der Waals surface area (Å²) in [5, 5.41) is 3.22. The van der Waals surface area contributed by atoms with E-state index in [-0.39, 0.29) is 5.82 Å².